The molecule has 1 N–H and O–H groups in total. The maximum atomic E-state index is 14.0. The van der Waals surface area contributed by atoms with Crippen LogP contribution in [0.5, 0.6) is 0 Å². The van der Waals surface area contributed by atoms with Crippen molar-refractivity contribution >= 4 is 11.7 Å². The minimum atomic E-state index is -0.363. The highest BCUT2D eigenvalue weighted by Gasteiger charge is 2.41. The first-order chi connectivity index (χ1) is 13.6. The summed E-state index contributed by atoms with van der Waals surface area (Å²) in [6.45, 7) is 1.85. The molecule has 140 valence electrons. The molecule has 5 rings (SSSR count). The molecule has 1 aliphatic carbocycles. The topological polar surface area (TPSA) is 55.1 Å². The molecule has 0 radical (unpaired) electrons. The number of anilines is 1. The van der Waals surface area contributed by atoms with Crippen LogP contribution in [0.3, 0.4) is 0 Å². The van der Waals surface area contributed by atoms with Crippen molar-refractivity contribution < 1.29 is 13.7 Å². The van der Waals surface area contributed by atoms with E-state index in [0.29, 0.717) is 30.0 Å². The Morgan fingerprint density at radius 2 is 1.86 bits per heavy atom. The summed E-state index contributed by atoms with van der Waals surface area (Å²) in [4.78, 5) is 13.3. The van der Waals surface area contributed by atoms with Gasteiger partial charge >= 0.3 is 0 Å². The summed E-state index contributed by atoms with van der Waals surface area (Å²) in [7, 11) is 0. The zero-order valence-corrected chi connectivity index (χ0v) is 15.4. The zero-order valence-electron chi connectivity index (χ0n) is 15.4. The molecule has 0 fully saturated rings. The second-order valence-electron chi connectivity index (χ2n) is 7.46. The highest BCUT2D eigenvalue weighted by molar-refractivity contribution is 6.01. The lowest BCUT2D eigenvalue weighted by Crippen LogP contribution is -2.29. The number of aromatic nitrogens is 1. The van der Waals surface area contributed by atoms with Crippen LogP contribution >= 0.6 is 0 Å². The van der Waals surface area contributed by atoms with E-state index in [2.05, 4.69) is 22.6 Å². The molecule has 2 unspecified atom stereocenters. The van der Waals surface area contributed by atoms with Gasteiger partial charge in [0, 0.05) is 23.6 Å². The van der Waals surface area contributed by atoms with E-state index in [4.69, 9.17) is 4.52 Å². The molecule has 3 aromatic rings. The summed E-state index contributed by atoms with van der Waals surface area (Å²) in [6, 6.07) is 16.5. The molecule has 2 atom stereocenters. The van der Waals surface area contributed by atoms with Crippen molar-refractivity contribution in [3.05, 3.63) is 94.1 Å². The molecule has 2 heterocycles. The molecule has 0 spiro atoms. The number of allylic oxidation sites excluding steroid dienone is 2. The van der Waals surface area contributed by atoms with E-state index in [1.54, 1.807) is 6.07 Å². The van der Waals surface area contributed by atoms with E-state index in [0.717, 1.165) is 22.4 Å². The number of carbonyl (C=O) groups excluding carboxylic acids is 1. The van der Waals surface area contributed by atoms with Gasteiger partial charge in [0.05, 0.1) is 11.3 Å². The molecule has 1 aromatic heterocycles. The molecule has 1 aliphatic heterocycles. The van der Waals surface area contributed by atoms with E-state index < -0.39 is 0 Å². The highest BCUT2D eigenvalue weighted by Crippen LogP contribution is 2.48. The molecule has 28 heavy (non-hydrogen) atoms. The summed E-state index contributed by atoms with van der Waals surface area (Å²) in [6.07, 6.45) is 1.14. The molecule has 2 aromatic carbocycles. The fourth-order valence-electron chi connectivity index (χ4n) is 4.45. The number of carbonyl (C=O) groups is 1. The lowest BCUT2D eigenvalue weighted by Gasteiger charge is -2.34. The molecule has 0 amide bonds. The van der Waals surface area contributed by atoms with Crippen molar-refractivity contribution in [3.63, 3.8) is 0 Å². The van der Waals surface area contributed by atoms with Gasteiger partial charge in [0.2, 0.25) is 5.88 Å². The van der Waals surface area contributed by atoms with Crippen LogP contribution < -0.4 is 5.32 Å². The third kappa shape index (κ3) is 2.66. The largest absolute Gasteiger partial charge is 0.338 e. The number of nitrogens with zero attached hydrogens (tertiary/aromatic N) is 1. The van der Waals surface area contributed by atoms with E-state index in [9.17, 15) is 9.18 Å². The predicted octanol–water partition coefficient (Wildman–Crippen LogP) is 5.08. The van der Waals surface area contributed by atoms with Crippen molar-refractivity contribution in [2.24, 2.45) is 0 Å². The van der Waals surface area contributed by atoms with Crippen molar-refractivity contribution in [2.45, 2.75) is 31.6 Å². The van der Waals surface area contributed by atoms with Gasteiger partial charge in [-0.3, -0.25) is 4.79 Å². The van der Waals surface area contributed by atoms with Gasteiger partial charge in [-0.1, -0.05) is 47.6 Å². The summed E-state index contributed by atoms with van der Waals surface area (Å²) in [5.74, 6) is 0.0606. The summed E-state index contributed by atoms with van der Waals surface area (Å²) in [5, 5.41) is 7.39. The number of halogens is 1. The second-order valence-corrected chi connectivity index (χ2v) is 7.46. The van der Waals surface area contributed by atoms with Gasteiger partial charge in [-0.25, -0.2) is 4.39 Å². The second kappa shape index (κ2) is 6.44. The Labute approximate surface area is 162 Å². The number of hydrogen-bond donors (Lipinski definition) is 1. The average molecular weight is 374 g/mol. The van der Waals surface area contributed by atoms with Gasteiger partial charge in [0.25, 0.3) is 0 Å². The Balaban J connectivity index is 1.64. The first kappa shape index (κ1) is 16.9. The van der Waals surface area contributed by atoms with E-state index >= 15 is 0 Å². The van der Waals surface area contributed by atoms with Crippen LogP contribution in [0.4, 0.5) is 10.3 Å². The molecule has 2 aliphatic rings. The first-order valence-electron chi connectivity index (χ1n) is 9.41. The number of aryl methyl sites for hydroxylation is 1. The van der Waals surface area contributed by atoms with Gasteiger partial charge in [-0.05, 0) is 42.5 Å². The number of fused-ring (bicyclic) bond motifs is 1. The molecule has 5 heteroatoms. The quantitative estimate of drug-likeness (QED) is 0.680. The van der Waals surface area contributed by atoms with E-state index in [-0.39, 0.29) is 23.4 Å². The Kier molecular flexibility index (Phi) is 3.90. The SMILES string of the molecule is Cc1noc2c1C(c1cccc(F)c1)C1=C(CC(c3ccccc3)CC1=O)N2. The fourth-order valence-corrected chi connectivity index (χ4v) is 4.45. The van der Waals surface area contributed by atoms with Crippen molar-refractivity contribution in [1.82, 2.24) is 5.16 Å². The maximum absolute atomic E-state index is 14.0. The molecule has 0 bridgehead atoms. The van der Waals surface area contributed by atoms with Crippen LogP contribution in [0.2, 0.25) is 0 Å². The Hall–Kier alpha value is -3.21. The Morgan fingerprint density at radius 1 is 1.07 bits per heavy atom. The van der Waals surface area contributed by atoms with Gasteiger partial charge in [0.15, 0.2) is 5.78 Å². The zero-order chi connectivity index (χ0) is 19.3. The summed E-state index contributed by atoms with van der Waals surface area (Å²) < 4.78 is 19.5. The number of nitrogens with one attached hydrogen (secondary N) is 1. The number of ketones is 1. The Bertz CT molecular complexity index is 1100. The van der Waals surface area contributed by atoms with Gasteiger partial charge in [0.1, 0.15) is 5.82 Å². The fraction of sp³-hybridized carbons (Fsp3) is 0.217. The molecular formula is C23H19FN2O2. The monoisotopic (exact) mass is 374 g/mol. The molecule has 0 saturated heterocycles. The third-order valence-corrected chi connectivity index (χ3v) is 5.71. The van der Waals surface area contributed by atoms with Crippen LogP contribution in [0.1, 0.15) is 47.1 Å². The number of rotatable bonds is 2. The molecular weight excluding hydrogens is 355 g/mol. The number of hydrogen-bond acceptors (Lipinski definition) is 4. The molecule has 4 nitrogen and oxygen atoms in total. The molecule has 0 saturated carbocycles. The van der Waals surface area contributed by atoms with Crippen LogP contribution in [-0.2, 0) is 4.79 Å². The van der Waals surface area contributed by atoms with Gasteiger partial charge < -0.3 is 9.84 Å². The summed E-state index contributed by atoms with van der Waals surface area (Å²) >= 11 is 0. The lowest BCUT2D eigenvalue weighted by molar-refractivity contribution is -0.116. The maximum Gasteiger partial charge on any atom is 0.233 e. The Morgan fingerprint density at radius 3 is 2.64 bits per heavy atom. The number of Topliss-reactive ketones (excluding diaryl/α,β-unsaturated/α-hetero) is 1. The van der Waals surface area contributed by atoms with Crippen molar-refractivity contribution in [1.29, 1.82) is 0 Å². The number of benzene rings is 2. The normalized spacial score (nSPS) is 21.1. The smallest absolute Gasteiger partial charge is 0.233 e. The van der Waals surface area contributed by atoms with E-state index in [1.807, 2.05) is 31.2 Å². The minimum Gasteiger partial charge on any atom is -0.338 e. The van der Waals surface area contributed by atoms with Crippen LogP contribution in [0.25, 0.3) is 0 Å². The van der Waals surface area contributed by atoms with Crippen molar-refractivity contribution in [3.8, 4) is 0 Å². The lowest BCUT2D eigenvalue weighted by atomic mass is 9.72. The average Bonchev–Trinajstić information content (AvgIpc) is 3.07. The highest BCUT2D eigenvalue weighted by atomic mass is 19.1. The third-order valence-electron chi connectivity index (χ3n) is 5.71. The van der Waals surface area contributed by atoms with Gasteiger partial charge in [-0.15, -0.1) is 0 Å². The first-order valence-corrected chi connectivity index (χ1v) is 9.41. The van der Waals surface area contributed by atoms with Crippen molar-refractivity contribution in [2.75, 3.05) is 5.32 Å². The van der Waals surface area contributed by atoms with Crippen LogP contribution in [0.15, 0.2) is 70.4 Å². The van der Waals surface area contributed by atoms with Gasteiger partial charge in [-0.2, -0.15) is 0 Å². The predicted molar refractivity (Wildman–Crippen MR) is 104 cm³/mol. The minimum absolute atomic E-state index is 0.0862. The standard InChI is InChI=1S/C23H19FN2O2/c1-13-20-21(15-8-5-9-17(24)10-15)22-18(25-23(20)28-26-13)11-16(12-19(22)27)14-6-3-2-4-7-14/h2-10,16,21,25H,11-12H2,1H3. The summed E-state index contributed by atoms with van der Waals surface area (Å²) in [5.41, 5.74) is 4.97. The van der Waals surface area contributed by atoms with Crippen LogP contribution in [0, 0.1) is 12.7 Å². The van der Waals surface area contributed by atoms with Crippen LogP contribution in [-0.4, -0.2) is 10.9 Å². The van der Waals surface area contributed by atoms with E-state index in [1.165, 1.54) is 12.1 Å².